The first kappa shape index (κ1) is 9.52. The summed E-state index contributed by atoms with van der Waals surface area (Å²) in [6.45, 7) is 3.96. The van der Waals surface area contributed by atoms with Crippen LogP contribution in [0.15, 0.2) is 0 Å². The van der Waals surface area contributed by atoms with E-state index in [1.807, 2.05) is 13.8 Å². The molecule has 0 heterocycles. The zero-order valence-electron chi connectivity index (χ0n) is 7.96. The molecule has 0 spiro atoms. The average Bonchev–Trinajstić information content (AvgIpc) is 2.33. The van der Waals surface area contributed by atoms with Gasteiger partial charge in [0.15, 0.2) is 0 Å². The third kappa shape index (κ3) is 1.22. The van der Waals surface area contributed by atoms with E-state index in [4.69, 9.17) is 10.5 Å². The second-order valence-electron chi connectivity index (χ2n) is 3.90. The van der Waals surface area contributed by atoms with Crippen molar-refractivity contribution in [3.8, 4) is 0 Å². The number of nitrogens with two attached hydrogens (primary N) is 1. The minimum Gasteiger partial charge on any atom is -0.469 e. The number of ether oxygens (including phenoxy) is 1. The standard InChI is InChI=1S/C9H17NO2/c1-6-7(10)4-5-9(6,2)8(11)12-3/h6-7H,4-5,10H2,1-3H3. The Morgan fingerprint density at radius 3 is 2.58 bits per heavy atom. The third-order valence-electron chi connectivity index (χ3n) is 3.30. The van der Waals surface area contributed by atoms with Gasteiger partial charge in [-0.25, -0.2) is 0 Å². The summed E-state index contributed by atoms with van der Waals surface area (Å²) in [7, 11) is 1.43. The molecule has 1 aliphatic rings. The summed E-state index contributed by atoms with van der Waals surface area (Å²) in [5.74, 6) is 0.105. The fourth-order valence-electron chi connectivity index (χ4n) is 1.94. The Kier molecular flexibility index (Phi) is 2.42. The fraction of sp³-hybridized carbons (Fsp3) is 0.889. The minimum absolute atomic E-state index is 0.122. The van der Waals surface area contributed by atoms with E-state index in [-0.39, 0.29) is 23.3 Å². The lowest BCUT2D eigenvalue weighted by atomic mass is 9.80. The van der Waals surface area contributed by atoms with Crippen molar-refractivity contribution in [2.45, 2.75) is 32.7 Å². The van der Waals surface area contributed by atoms with Gasteiger partial charge in [0.2, 0.25) is 0 Å². The lowest BCUT2D eigenvalue weighted by Crippen LogP contribution is -2.37. The highest BCUT2D eigenvalue weighted by Gasteiger charge is 2.47. The summed E-state index contributed by atoms with van der Waals surface area (Å²) in [5.41, 5.74) is 5.49. The molecular weight excluding hydrogens is 154 g/mol. The van der Waals surface area contributed by atoms with Crippen molar-refractivity contribution in [3.05, 3.63) is 0 Å². The number of rotatable bonds is 1. The molecule has 2 N–H and O–H groups in total. The molecule has 3 atom stereocenters. The maximum atomic E-state index is 11.4. The second kappa shape index (κ2) is 3.05. The van der Waals surface area contributed by atoms with Gasteiger partial charge in [-0.1, -0.05) is 6.92 Å². The molecule has 3 unspecified atom stereocenters. The van der Waals surface area contributed by atoms with Crippen molar-refractivity contribution in [1.29, 1.82) is 0 Å². The number of hydrogen-bond acceptors (Lipinski definition) is 3. The molecule has 3 nitrogen and oxygen atoms in total. The van der Waals surface area contributed by atoms with Crippen molar-refractivity contribution < 1.29 is 9.53 Å². The van der Waals surface area contributed by atoms with E-state index in [0.717, 1.165) is 12.8 Å². The Labute approximate surface area is 73.3 Å². The van der Waals surface area contributed by atoms with Gasteiger partial charge in [-0.15, -0.1) is 0 Å². The molecule has 0 aromatic heterocycles. The van der Waals surface area contributed by atoms with Crippen LogP contribution in [0.25, 0.3) is 0 Å². The fourth-order valence-corrected chi connectivity index (χ4v) is 1.94. The molecule has 12 heavy (non-hydrogen) atoms. The maximum absolute atomic E-state index is 11.4. The number of carbonyl (C=O) groups excluding carboxylic acids is 1. The molecule has 1 rings (SSSR count). The molecule has 1 saturated carbocycles. The van der Waals surface area contributed by atoms with E-state index in [0.29, 0.717) is 0 Å². The number of methoxy groups -OCH3 is 1. The zero-order chi connectivity index (χ0) is 9.35. The summed E-state index contributed by atoms with van der Waals surface area (Å²) in [4.78, 5) is 11.4. The van der Waals surface area contributed by atoms with Crippen LogP contribution in [0.5, 0.6) is 0 Å². The van der Waals surface area contributed by atoms with E-state index >= 15 is 0 Å². The first-order valence-electron chi connectivity index (χ1n) is 4.36. The van der Waals surface area contributed by atoms with Crippen LogP contribution >= 0.6 is 0 Å². The van der Waals surface area contributed by atoms with Crippen molar-refractivity contribution in [3.63, 3.8) is 0 Å². The summed E-state index contributed by atoms with van der Waals surface area (Å²) < 4.78 is 4.76. The first-order chi connectivity index (χ1) is 5.52. The van der Waals surface area contributed by atoms with Crippen molar-refractivity contribution in [2.75, 3.05) is 7.11 Å². The van der Waals surface area contributed by atoms with Crippen LogP contribution in [0.3, 0.4) is 0 Å². The maximum Gasteiger partial charge on any atom is 0.311 e. The van der Waals surface area contributed by atoms with E-state index < -0.39 is 0 Å². The molecule has 0 aromatic carbocycles. The van der Waals surface area contributed by atoms with Crippen LogP contribution in [-0.4, -0.2) is 19.1 Å². The summed E-state index contributed by atoms with van der Waals surface area (Å²) in [6, 6.07) is 0.147. The van der Waals surface area contributed by atoms with Crippen LogP contribution < -0.4 is 5.73 Å². The Hall–Kier alpha value is -0.570. The van der Waals surface area contributed by atoms with Gasteiger partial charge in [-0.2, -0.15) is 0 Å². The topological polar surface area (TPSA) is 52.3 Å². The summed E-state index contributed by atoms with van der Waals surface area (Å²) >= 11 is 0. The van der Waals surface area contributed by atoms with Crippen LogP contribution in [0.1, 0.15) is 26.7 Å². The molecule has 0 aromatic rings. The average molecular weight is 171 g/mol. The molecule has 0 aliphatic heterocycles. The van der Waals surface area contributed by atoms with Crippen molar-refractivity contribution >= 4 is 5.97 Å². The van der Waals surface area contributed by atoms with Gasteiger partial charge in [0.05, 0.1) is 12.5 Å². The Balaban J connectivity index is 2.78. The molecule has 0 amide bonds. The van der Waals surface area contributed by atoms with Crippen LogP contribution in [0, 0.1) is 11.3 Å². The monoisotopic (exact) mass is 171 g/mol. The predicted octanol–water partition coefficient (Wildman–Crippen LogP) is 0.923. The van der Waals surface area contributed by atoms with E-state index in [9.17, 15) is 4.79 Å². The second-order valence-corrected chi connectivity index (χ2v) is 3.90. The Morgan fingerprint density at radius 2 is 2.25 bits per heavy atom. The smallest absolute Gasteiger partial charge is 0.311 e. The highest BCUT2D eigenvalue weighted by Crippen LogP contribution is 2.42. The van der Waals surface area contributed by atoms with E-state index in [2.05, 4.69) is 0 Å². The van der Waals surface area contributed by atoms with Gasteiger partial charge in [0.25, 0.3) is 0 Å². The van der Waals surface area contributed by atoms with E-state index in [1.165, 1.54) is 7.11 Å². The molecule has 0 bridgehead atoms. The first-order valence-corrected chi connectivity index (χ1v) is 4.36. The van der Waals surface area contributed by atoms with Gasteiger partial charge in [-0.05, 0) is 25.7 Å². The lowest BCUT2D eigenvalue weighted by molar-refractivity contribution is -0.153. The number of hydrogen-bond donors (Lipinski definition) is 1. The number of carbonyl (C=O) groups is 1. The Morgan fingerprint density at radius 1 is 1.67 bits per heavy atom. The van der Waals surface area contributed by atoms with Crippen LogP contribution in [-0.2, 0) is 9.53 Å². The SMILES string of the molecule is COC(=O)C1(C)CCC(N)C1C. The van der Waals surface area contributed by atoms with Gasteiger partial charge >= 0.3 is 5.97 Å². The zero-order valence-corrected chi connectivity index (χ0v) is 7.96. The van der Waals surface area contributed by atoms with Gasteiger partial charge in [0, 0.05) is 6.04 Å². The minimum atomic E-state index is -0.353. The third-order valence-corrected chi connectivity index (χ3v) is 3.30. The van der Waals surface area contributed by atoms with Crippen LogP contribution in [0.2, 0.25) is 0 Å². The molecule has 1 aliphatic carbocycles. The molecule has 0 radical (unpaired) electrons. The summed E-state index contributed by atoms with van der Waals surface area (Å²) in [6.07, 6.45) is 1.77. The van der Waals surface area contributed by atoms with Gasteiger partial charge in [0.1, 0.15) is 0 Å². The van der Waals surface area contributed by atoms with Gasteiger partial charge in [-0.3, -0.25) is 4.79 Å². The lowest BCUT2D eigenvalue weighted by Gasteiger charge is -2.27. The molecule has 70 valence electrons. The largest absolute Gasteiger partial charge is 0.469 e. The van der Waals surface area contributed by atoms with Crippen molar-refractivity contribution in [2.24, 2.45) is 17.1 Å². The van der Waals surface area contributed by atoms with Crippen molar-refractivity contribution in [1.82, 2.24) is 0 Å². The van der Waals surface area contributed by atoms with E-state index in [1.54, 1.807) is 0 Å². The molecule has 3 heteroatoms. The molecule has 0 saturated heterocycles. The molecule has 1 fully saturated rings. The number of esters is 1. The normalized spacial score (nSPS) is 41.3. The van der Waals surface area contributed by atoms with Gasteiger partial charge < -0.3 is 10.5 Å². The predicted molar refractivity (Wildman–Crippen MR) is 46.5 cm³/mol. The quantitative estimate of drug-likeness (QED) is 0.597. The highest BCUT2D eigenvalue weighted by atomic mass is 16.5. The summed E-state index contributed by atoms with van der Waals surface area (Å²) in [5, 5.41) is 0. The van der Waals surface area contributed by atoms with Crippen LogP contribution in [0.4, 0.5) is 0 Å². The molecular formula is C9H17NO2. The Bertz CT molecular complexity index is 193. The highest BCUT2D eigenvalue weighted by molar-refractivity contribution is 5.77.